The highest BCUT2D eigenvalue weighted by Crippen LogP contribution is 2.28. The monoisotopic (exact) mass is 285 g/mol. The van der Waals surface area contributed by atoms with Crippen LogP contribution in [0.3, 0.4) is 0 Å². The SMILES string of the molecule is CC(C)C(C)N(C)Cc1cccc(Br)c1O. The largest absolute Gasteiger partial charge is 0.506 e. The van der Waals surface area contributed by atoms with Gasteiger partial charge >= 0.3 is 0 Å². The third-order valence-electron chi connectivity index (χ3n) is 3.15. The van der Waals surface area contributed by atoms with Crippen molar-refractivity contribution in [3.8, 4) is 5.75 Å². The molecule has 1 N–H and O–H groups in total. The molecule has 0 aliphatic heterocycles. The van der Waals surface area contributed by atoms with Crippen LogP contribution in [0, 0.1) is 5.92 Å². The van der Waals surface area contributed by atoms with Crippen molar-refractivity contribution in [3.63, 3.8) is 0 Å². The number of phenolic OH excluding ortho intramolecular Hbond substituents is 1. The van der Waals surface area contributed by atoms with Gasteiger partial charge in [-0.05, 0) is 41.9 Å². The van der Waals surface area contributed by atoms with Crippen molar-refractivity contribution in [1.29, 1.82) is 0 Å². The summed E-state index contributed by atoms with van der Waals surface area (Å²) in [7, 11) is 2.09. The van der Waals surface area contributed by atoms with Gasteiger partial charge < -0.3 is 5.11 Å². The van der Waals surface area contributed by atoms with Crippen molar-refractivity contribution in [1.82, 2.24) is 4.90 Å². The second-order valence-electron chi connectivity index (χ2n) is 4.65. The number of hydrogen-bond donors (Lipinski definition) is 1. The smallest absolute Gasteiger partial charge is 0.134 e. The molecule has 0 aromatic heterocycles. The summed E-state index contributed by atoms with van der Waals surface area (Å²) in [4.78, 5) is 2.26. The summed E-state index contributed by atoms with van der Waals surface area (Å²) >= 11 is 3.33. The van der Waals surface area contributed by atoms with Crippen LogP contribution < -0.4 is 0 Å². The van der Waals surface area contributed by atoms with Crippen LogP contribution in [0.2, 0.25) is 0 Å². The average molecular weight is 286 g/mol. The Morgan fingerprint density at radius 1 is 1.31 bits per heavy atom. The van der Waals surface area contributed by atoms with Crippen LogP contribution in [0.1, 0.15) is 26.3 Å². The van der Waals surface area contributed by atoms with Gasteiger partial charge in [-0.3, -0.25) is 4.90 Å². The van der Waals surface area contributed by atoms with Crippen LogP contribution in [-0.2, 0) is 6.54 Å². The maximum absolute atomic E-state index is 9.89. The van der Waals surface area contributed by atoms with E-state index in [0.29, 0.717) is 17.7 Å². The Balaban J connectivity index is 2.77. The number of aromatic hydroxyl groups is 1. The molecule has 16 heavy (non-hydrogen) atoms. The van der Waals surface area contributed by atoms with Gasteiger partial charge in [0, 0.05) is 18.2 Å². The average Bonchev–Trinajstić information content (AvgIpc) is 2.23. The fraction of sp³-hybridized carbons (Fsp3) is 0.538. The lowest BCUT2D eigenvalue weighted by atomic mass is 10.0. The molecule has 0 saturated carbocycles. The second-order valence-corrected chi connectivity index (χ2v) is 5.50. The Morgan fingerprint density at radius 2 is 1.94 bits per heavy atom. The minimum atomic E-state index is 0.352. The molecule has 0 saturated heterocycles. The van der Waals surface area contributed by atoms with E-state index in [1.807, 2.05) is 18.2 Å². The summed E-state index contributed by atoms with van der Waals surface area (Å²) in [6.07, 6.45) is 0. The molecule has 0 spiro atoms. The van der Waals surface area contributed by atoms with Crippen LogP contribution in [0.5, 0.6) is 5.75 Å². The van der Waals surface area contributed by atoms with Crippen molar-refractivity contribution in [2.45, 2.75) is 33.4 Å². The van der Waals surface area contributed by atoms with Crippen molar-refractivity contribution in [2.75, 3.05) is 7.05 Å². The van der Waals surface area contributed by atoms with Crippen molar-refractivity contribution in [2.24, 2.45) is 5.92 Å². The summed E-state index contributed by atoms with van der Waals surface area (Å²) in [5.74, 6) is 0.963. The molecule has 1 rings (SSSR count). The molecular formula is C13H20BrNO. The van der Waals surface area contributed by atoms with Crippen LogP contribution in [0.4, 0.5) is 0 Å². The Kier molecular flexibility index (Phi) is 4.81. The molecule has 90 valence electrons. The third-order valence-corrected chi connectivity index (χ3v) is 3.79. The van der Waals surface area contributed by atoms with Crippen LogP contribution in [0.25, 0.3) is 0 Å². The van der Waals surface area contributed by atoms with Gasteiger partial charge in [-0.1, -0.05) is 26.0 Å². The first kappa shape index (κ1) is 13.5. The van der Waals surface area contributed by atoms with Gasteiger partial charge in [0.1, 0.15) is 5.75 Å². The molecule has 0 aliphatic carbocycles. The van der Waals surface area contributed by atoms with E-state index in [1.165, 1.54) is 0 Å². The fourth-order valence-corrected chi connectivity index (χ4v) is 2.02. The molecule has 1 aromatic carbocycles. The number of benzene rings is 1. The first-order chi connectivity index (χ1) is 7.43. The molecule has 1 atom stereocenters. The van der Waals surface area contributed by atoms with E-state index in [0.717, 1.165) is 16.6 Å². The zero-order valence-corrected chi connectivity index (χ0v) is 12.0. The van der Waals surface area contributed by atoms with E-state index in [1.54, 1.807) is 0 Å². The maximum atomic E-state index is 9.89. The Bertz CT molecular complexity index is 352. The van der Waals surface area contributed by atoms with E-state index in [2.05, 4.69) is 48.6 Å². The first-order valence-corrected chi connectivity index (χ1v) is 6.39. The number of nitrogens with zero attached hydrogens (tertiary/aromatic N) is 1. The Labute approximate surface area is 106 Å². The van der Waals surface area contributed by atoms with Gasteiger partial charge in [0.05, 0.1) is 4.47 Å². The van der Waals surface area contributed by atoms with E-state index in [-0.39, 0.29) is 0 Å². The van der Waals surface area contributed by atoms with Crippen molar-refractivity contribution >= 4 is 15.9 Å². The minimum absolute atomic E-state index is 0.352. The number of phenols is 1. The van der Waals surface area contributed by atoms with Gasteiger partial charge in [0.25, 0.3) is 0 Å². The number of para-hydroxylation sites is 1. The molecule has 1 aromatic rings. The number of hydrogen-bond acceptors (Lipinski definition) is 2. The normalized spacial score (nSPS) is 13.4. The highest BCUT2D eigenvalue weighted by Gasteiger charge is 2.15. The second kappa shape index (κ2) is 5.69. The van der Waals surface area contributed by atoms with E-state index in [9.17, 15) is 5.11 Å². The maximum Gasteiger partial charge on any atom is 0.134 e. The summed E-state index contributed by atoms with van der Waals surface area (Å²) in [6, 6.07) is 6.26. The fourth-order valence-electron chi connectivity index (χ4n) is 1.61. The zero-order chi connectivity index (χ0) is 12.3. The molecule has 2 nitrogen and oxygen atoms in total. The molecule has 0 amide bonds. The quantitative estimate of drug-likeness (QED) is 0.913. The van der Waals surface area contributed by atoms with Gasteiger partial charge in [0.15, 0.2) is 0 Å². The molecule has 0 aliphatic rings. The van der Waals surface area contributed by atoms with E-state index in [4.69, 9.17) is 0 Å². The lowest BCUT2D eigenvalue weighted by molar-refractivity contribution is 0.198. The Morgan fingerprint density at radius 3 is 2.50 bits per heavy atom. The predicted octanol–water partition coefficient (Wildman–Crippen LogP) is 3.63. The molecule has 1 unspecified atom stereocenters. The van der Waals surface area contributed by atoms with Gasteiger partial charge in [-0.2, -0.15) is 0 Å². The molecule has 0 bridgehead atoms. The van der Waals surface area contributed by atoms with Crippen LogP contribution in [-0.4, -0.2) is 23.1 Å². The summed E-state index contributed by atoms with van der Waals surface area (Å²) < 4.78 is 0.760. The lowest BCUT2D eigenvalue weighted by Gasteiger charge is -2.28. The molecule has 0 fully saturated rings. The molecule has 0 heterocycles. The van der Waals surface area contributed by atoms with E-state index >= 15 is 0 Å². The van der Waals surface area contributed by atoms with E-state index < -0.39 is 0 Å². The summed E-state index contributed by atoms with van der Waals surface area (Å²) in [5.41, 5.74) is 0.962. The van der Waals surface area contributed by atoms with Gasteiger partial charge in [0.2, 0.25) is 0 Å². The highest BCUT2D eigenvalue weighted by molar-refractivity contribution is 9.10. The zero-order valence-electron chi connectivity index (χ0n) is 10.4. The summed E-state index contributed by atoms with van der Waals surface area (Å²) in [6.45, 7) is 7.40. The van der Waals surface area contributed by atoms with Crippen LogP contribution >= 0.6 is 15.9 Å². The lowest BCUT2D eigenvalue weighted by Crippen LogP contribution is -2.32. The Hall–Kier alpha value is -0.540. The standard InChI is InChI=1S/C13H20BrNO/c1-9(2)10(3)15(4)8-11-6-5-7-12(14)13(11)16/h5-7,9-10,16H,8H2,1-4H3. The third kappa shape index (κ3) is 3.22. The van der Waals surface area contributed by atoms with Gasteiger partial charge in [-0.25, -0.2) is 0 Å². The summed E-state index contributed by atoms with van der Waals surface area (Å²) in [5, 5.41) is 9.89. The topological polar surface area (TPSA) is 23.5 Å². The van der Waals surface area contributed by atoms with Crippen molar-refractivity contribution < 1.29 is 5.11 Å². The molecule has 0 radical (unpaired) electrons. The van der Waals surface area contributed by atoms with Gasteiger partial charge in [-0.15, -0.1) is 0 Å². The first-order valence-electron chi connectivity index (χ1n) is 5.60. The van der Waals surface area contributed by atoms with Crippen molar-refractivity contribution in [3.05, 3.63) is 28.2 Å². The predicted molar refractivity (Wildman–Crippen MR) is 71.6 cm³/mol. The number of halogens is 1. The number of rotatable bonds is 4. The molecular weight excluding hydrogens is 266 g/mol. The minimum Gasteiger partial charge on any atom is -0.506 e. The molecule has 3 heteroatoms. The van der Waals surface area contributed by atoms with Crippen LogP contribution in [0.15, 0.2) is 22.7 Å². The highest BCUT2D eigenvalue weighted by atomic mass is 79.9.